The van der Waals surface area contributed by atoms with Gasteiger partial charge in [0.1, 0.15) is 0 Å². The molecule has 1 aromatic rings. The van der Waals surface area contributed by atoms with E-state index in [0.717, 1.165) is 31.6 Å². The Morgan fingerprint density at radius 2 is 2.23 bits per heavy atom. The van der Waals surface area contributed by atoms with Gasteiger partial charge in [-0.3, -0.25) is 0 Å². The maximum atomic E-state index is 6.19. The molecule has 0 amide bonds. The number of aromatic nitrogens is 2. The van der Waals surface area contributed by atoms with Crippen LogP contribution < -0.4 is 5.73 Å². The van der Waals surface area contributed by atoms with E-state index in [1.54, 1.807) is 0 Å². The first kappa shape index (κ1) is 8.69. The molecule has 72 valence electrons. The van der Waals surface area contributed by atoms with Crippen molar-refractivity contribution in [3.63, 3.8) is 0 Å². The lowest BCUT2D eigenvalue weighted by Gasteiger charge is -2.32. The predicted octanol–water partition coefficient (Wildman–Crippen LogP) is 1.43. The summed E-state index contributed by atoms with van der Waals surface area (Å²) in [5.41, 5.74) is 5.83. The highest BCUT2D eigenvalue weighted by Crippen LogP contribution is 2.35. The number of rotatable bonds is 1. The van der Waals surface area contributed by atoms with Crippen molar-refractivity contribution in [3.8, 4) is 0 Å². The summed E-state index contributed by atoms with van der Waals surface area (Å²) in [7, 11) is 0. The molecule has 1 heterocycles. The van der Waals surface area contributed by atoms with Crippen LogP contribution in [0.3, 0.4) is 0 Å². The second-order valence-electron chi connectivity index (χ2n) is 4.09. The van der Waals surface area contributed by atoms with E-state index in [2.05, 4.69) is 17.1 Å². The van der Waals surface area contributed by atoms with Crippen molar-refractivity contribution in [2.45, 2.75) is 38.1 Å². The first-order valence-electron chi connectivity index (χ1n) is 4.77. The average Bonchev–Trinajstić information content (AvgIpc) is 2.63. The maximum absolute atomic E-state index is 6.19. The van der Waals surface area contributed by atoms with E-state index in [4.69, 9.17) is 10.3 Å². The van der Waals surface area contributed by atoms with Crippen molar-refractivity contribution in [2.75, 3.05) is 0 Å². The van der Waals surface area contributed by atoms with Gasteiger partial charge in [-0.1, -0.05) is 12.1 Å². The van der Waals surface area contributed by atoms with Crippen molar-refractivity contribution in [1.29, 1.82) is 0 Å². The Hall–Kier alpha value is -0.900. The lowest BCUT2D eigenvalue weighted by Crippen LogP contribution is -2.40. The van der Waals surface area contributed by atoms with Crippen LogP contribution in [0.25, 0.3) is 0 Å². The lowest BCUT2D eigenvalue weighted by atomic mass is 9.78. The van der Waals surface area contributed by atoms with Gasteiger partial charge in [0.2, 0.25) is 5.89 Å². The van der Waals surface area contributed by atoms with Gasteiger partial charge in [-0.15, -0.1) is 0 Å². The van der Waals surface area contributed by atoms with Crippen molar-refractivity contribution in [3.05, 3.63) is 12.2 Å². The minimum Gasteiger partial charge on any atom is -0.338 e. The first-order valence-corrected chi connectivity index (χ1v) is 4.77. The molecule has 2 rings (SSSR count). The number of nitrogens with zero attached hydrogens (tertiary/aromatic N) is 2. The molecule has 0 aromatic carbocycles. The van der Waals surface area contributed by atoms with Crippen LogP contribution in [0.15, 0.2) is 10.9 Å². The molecule has 1 aromatic heterocycles. The standard InChI is InChI=1S/C9H15N3O/c1-7-2-4-9(10,5-3-7)8-11-6-12-13-8/h6-7H,2-5,10H2,1H3. The summed E-state index contributed by atoms with van der Waals surface area (Å²) in [6, 6.07) is 0. The van der Waals surface area contributed by atoms with E-state index in [1.165, 1.54) is 6.33 Å². The van der Waals surface area contributed by atoms with Gasteiger partial charge >= 0.3 is 0 Å². The van der Waals surface area contributed by atoms with Crippen molar-refractivity contribution >= 4 is 0 Å². The summed E-state index contributed by atoms with van der Waals surface area (Å²) in [4.78, 5) is 4.03. The minimum atomic E-state index is -0.358. The van der Waals surface area contributed by atoms with Crippen LogP contribution in [0.5, 0.6) is 0 Å². The summed E-state index contributed by atoms with van der Waals surface area (Å²) in [6.45, 7) is 2.26. The van der Waals surface area contributed by atoms with Crippen molar-refractivity contribution in [2.24, 2.45) is 11.7 Å². The van der Waals surface area contributed by atoms with Gasteiger partial charge in [-0.2, -0.15) is 4.98 Å². The highest BCUT2D eigenvalue weighted by atomic mass is 16.5. The molecule has 1 fully saturated rings. The van der Waals surface area contributed by atoms with Gasteiger partial charge in [0.25, 0.3) is 0 Å². The van der Waals surface area contributed by atoms with Crippen LogP contribution in [0, 0.1) is 5.92 Å². The zero-order chi connectivity index (χ0) is 9.31. The van der Waals surface area contributed by atoms with Crippen LogP contribution in [-0.2, 0) is 5.54 Å². The van der Waals surface area contributed by atoms with Crippen LogP contribution in [0.4, 0.5) is 0 Å². The highest BCUT2D eigenvalue weighted by molar-refractivity contribution is 5.01. The van der Waals surface area contributed by atoms with E-state index < -0.39 is 0 Å². The topological polar surface area (TPSA) is 64.9 Å². The Kier molecular flexibility index (Phi) is 2.07. The smallest absolute Gasteiger partial charge is 0.246 e. The molecule has 13 heavy (non-hydrogen) atoms. The number of nitrogens with two attached hydrogens (primary N) is 1. The summed E-state index contributed by atoms with van der Waals surface area (Å²) in [6.07, 6.45) is 5.63. The third kappa shape index (κ3) is 1.58. The molecule has 4 heteroatoms. The largest absolute Gasteiger partial charge is 0.338 e. The predicted molar refractivity (Wildman–Crippen MR) is 47.8 cm³/mol. The van der Waals surface area contributed by atoms with E-state index in [1.807, 2.05) is 0 Å². The second kappa shape index (κ2) is 3.10. The zero-order valence-corrected chi connectivity index (χ0v) is 7.86. The van der Waals surface area contributed by atoms with E-state index >= 15 is 0 Å². The average molecular weight is 181 g/mol. The summed E-state index contributed by atoms with van der Waals surface area (Å²) >= 11 is 0. The van der Waals surface area contributed by atoms with Crippen LogP contribution in [0.2, 0.25) is 0 Å². The molecule has 0 bridgehead atoms. The Morgan fingerprint density at radius 1 is 1.54 bits per heavy atom. The molecule has 0 atom stereocenters. The second-order valence-corrected chi connectivity index (χ2v) is 4.09. The zero-order valence-electron chi connectivity index (χ0n) is 7.86. The quantitative estimate of drug-likeness (QED) is 0.711. The molecule has 1 aliphatic rings. The molecule has 0 radical (unpaired) electrons. The first-order chi connectivity index (χ1) is 6.21. The third-order valence-electron chi connectivity index (χ3n) is 2.95. The molecular formula is C9H15N3O. The normalized spacial score (nSPS) is 34.8. The Bertz CT molecular complexity index is 262. The number of hydrogen-bond acceptors (Lipinski definition) is 4. The van der Waals surface area contributed by atoms with Gasteiger partial charge in [0.05, 0.1) is 5.54 Å². The molecule has 4 nitrogen and oxygen atoms in total. The Balaban J connectivity index is 2.13. The Morgan fingerprint density at radius 3 is 2.77 bits per heavy atom. The van der Waals surface area contributed by atoms with Gasteiger partial charge in [0, 0.05) is 0 Å². The molecule has 0 unspecified atom stereocenters. The fraction of sp³-hybridized carbons (Fsp3) is 0.778. The van der Waals surface area contributed by atoms with Gasteiger partial charge < -0.3 is 10.3 Å². The molecular weight excluding hydrogens is 166 g/mol. The van der Waals surface area contributed by atoms with Crippen LogP contribution in [0.1, 0.15) is 38.5 Å². The van der Waals surface area contributed by atoms with Crippen molar-refractivity contribution in [1.82, 2.24) is 10.1 Å². The third-order valence-corrected chi connectivity index (χ3v) is 2.95. The van der Waals surface area contributed by atoms with Crippen molar-refractivity contribution < 1.29 is 4.52 Å². The molecule has 0 saturated heterocycles. The summed E-state index contributed by atoms with van der Waals surface area (Å²) in [5, 5.41) is 3.60. The number of hydrogen-bond donors (Lipinski definition) is 1. The van der Waals surface area contributed by atoms with E-state index in [-0.39, 0.29) is 5.54 Å². The monoisotopic (exact) mass is 181 g/mol. The minimum absolute atomic E-state index is 0.358. The lowest BCUT2D eigenvalue weighted by molar-refractivity contribution is 0.190. The maximum Gasteiger partial charge on any atom is 0.246 e. The molecule has 1 aliphatic carbocycles. The molecule has 0 spiro atoms. The SMILES string of the molecule is CC1CCC(N)(c2ncno2)CC1. The molecule has 0 aliphatic heterocycles. The fourth-order valence-corrected chi connectivity index (χ4v) is 1.88. The van der Waals surface area contributed by atoms with E-state index in [9.17, 15) is 0 Å². The van der Waals surface area contributed by atoms with Crippen LogP contribution in [-0.4, -0.2) is 10.1 Å². The summed E-state index contributed by atoms with van der Waals surface area (Å²) < 4.78 is 5.03. The van der Waals surface area contributed by atoms with Gasteiger partial charge in [-0.05, 0) is 31.6 Å². The molecule has 2 N–H and O–H groups in total. The van der Waals surface area contributed by atoms with Gasteiger partial charge in [0.15, 0.2) is 6.33 Å². The highest BCUT2D eigenvalue weighted by Gasteiger charge is 2.36. The van der Waals surface area contributed by atoms with Gasteiger partial charge in [-0.25, -0.2) is 0 Å². The fourth-order valence-electron chi connectivity index (χ4n) is 1.88. The molecule has 1 saturated carbocycles. The summed E-state index contributed by atoms with van der Waals surface area (Å²) in [5.74, 6) is 1.37. The van der Waals surface area contributed by atoms with Crippen LogP contribution >= 0.6 is 0 Å². The Labute approximate surface area is 77.5 Å². The van der Waals surface area contributed by atoms with E-state index in [0.29, 0.717) is 5.89 Å².